The van der Waals surface area contributed by atoms with E-state index < -0.39 is 0 Å². The van der Waals surface area contributed by atoms with Gasteiger partial charge < -0.3 is 9.53 Å². The third-order valence-corrected chi connectivity index (χ3v) is 3.28. The molecule has 2 nitrogen and oxygen atoms in total. The Morgan fingerprint density at radius 2 is 1.79 bits per heavy atom. The summed E-state index contributed by atoms with van der Waals surface area (Å²) in [6, 6.07) is 10.3. The molecule has 0 atom stereocenters. The largest absolute Gasteiger partial charge is 0.371 e. The van der Waals surface area contributed by atoms with Crippen LogP contribution < -0.4 is 0 Å². The number of ether oxygens (including phenoxy) is 1. The zero-order valence-corrected chi connectivity index (χ0v) is 12.4. The van der Waals surface area contributed by atoms with Crippen LogP contribution in [0.2, 0.25) is 0 Å². The van der Waals surface area contributed by atoms with E-state index >= 15 is 0 Å². The number of ketones is 1. The summed E-state index contributed by atoms with van der Waals surface area (Å²) in [5.74, 6) is 0.291. The summed E-state index contributed by atoms with van der Waals surface area (Å²) < 4.78 is 5.98. The number of unbranched alkanes of at least 4 members (excludes halogenated alkanes) is 2. The molecule has 0 heterocycles. The molecule has 0 saturated carbocycles. The third kappa shape index (κ3) is 7.78. The molecule has 0 N–H and O–H groups in total. The summed E-state index contributed by atoms with van der Waals surface area (Å²) in [6.45, 7) is 6.61. The molecule has 0 fully saturated rings. The molecule has 0 unspecified atom stereocenters. The van der Waals surface area contributed by atoms with Crippen LogP contribution in [-0.4, -0.2) is 11.4 Å². The molecule has 0 aromatic heterocycles. The lowest BCUT2D eigenvalue weighted by atomic mass is 9.99. The Hall–Kier alpha value is -1.15. The number of carbonyl (C=O) groups excluding carboxylic acids is 1. The van der Waals surface area contributed by atoms with Gasteiger partial charge in [0.1, 0.15) is 5.78 Å². The molecule has 0 aliphatic rings. The maximum absolute atomic E-state index is 10.8. The highest BCUT2D eigenvalue weighted by atomic mass is 16.5. The third-order valence-electron chi connectivity index (χ3n) is 3.28. The number of Topliss-reactive ketones (excluding diaryl/α,β-unsaturated/α-hetero) is 1. The van der Waals surface area contributed by atoms with Gasteiger partial charge in [0.2, 0.25) is 0 Å². The van der Waals surface area contributed by atoms with Gasteiger partial charge in [-0.2, -0.15) is 0 Å². The van der Waals surface area contributed by atoms with Crippen LogP contribution in [0, 0.1) is 0 Å². The average Bonchev–Trinajstić information content (AvgIpc) is 2.37. The molecule has 0 saturated heterocycles. The lowest BCUT2D eigenvalue weighted by Gasteiger charge is -2.25. The van der Waals surface area contributed by atoms with Gasteiger partial charge in [-0.15, -0.1) is 0 Å². The van der Waals surface area contributed by atoms with Gasteiger partial charge in [-0.1, -0.05) is 43.2 Å². The van der Waals surface area contributed by atoms with Gasteiger partial charge in [0.25, 0.3) is 0 Å². The number of benzene rings is 1. The predicted octanol–water partition coefficient (Wildman–Crippen LogP) is 4.52. The minimum absolute atomic E-state index is 0.0912. The molecule has 0 aliphatic carbocycles. The van der Waals surface area contributed by atoms with Crippen molar-refractivity contribution in [1.29, 1.82) is 0 Å². The molecule has 1 rings (SSSR count). The molecule has 19 heavy (non-hydrogen) atoms. The van der Waals surface area contributed by atoms with E-state index in [4.69, 9.17) is 4.74 Å². The van der Waals surface area contributed by atoms with Crippen molar-refractivity contribution >= 4 is 5.78 Å². The van der Waals surface area contributed by atoms with E-state index in [2.05, 4.69) is 26.0 Å². The molecule has 0 aliphatic heterocycles. The fraction of sp³-hybridized carbons (Fsp3) is 0.588. The predicted molar refractivity (Wildman–Crippen MR) is 79.1 cm³/mol. The quantitative estimate of drug-likeness (QED) is 0.611. The summed E-state index contributed by atoms with van der Waals surface area (Å²) in [6.07, 6.45) is 4.99. The van der Waals surface area contributed by atoms with Crippen LogP contribution in [0.25, 0.3) is 0 Å². The lowest BCUT2D eigenvalue weighted by molar-refractivity contribution is -0.117. The van der Waals surface area contributed by atoms with Gasteiger partial charge >= 0.3 is 0 Å². The molecule has 0 spiro atoms. The molecule has 1 aromatic rings. The van der Waals surface area contributed by atoms with Crippen LogP contribution in [0.4, 0.5) is 0 Å². The first-order valence-corrected chi connectivity index (χ1v) is 7.17. The van der Waals surface area contributed by atoms with Crippen molar-refractivity contribution in [2.45, 2.75) is 65.1 Å². The minimum Gasteiger partial charge on any atom is -0.371 e. The van der Waals surface area contributed by atoms with Gasteiger partial charge in [-0.05, 0) is 39.2 Å². The van der Waals surface area contributed by atoms with Crippen molar-refractivity contribution in [3.8, 4) is 0 Å². The topological polar surface area (TPSA) is 26.3 Å². The van der Waals surface area contributed by atoms with Crippen molar-refractivity contribution in [2.75, 3.05) is 0 Å². The fourth-order valence-corrected chi connectivity index (χ4v) is 2.03. The van der Waals surface area contributed by atoms with E-state index in [0.717, 1.165) is 25.7 Å². The second-order valence-corrected chi connectivity index (χ2v) is 5.80. The number of rotatable bonds is 9. The van der Waals surface area contributed by atoms with Crippen LogP contribution in [0.5, 0.6) is 0 Å². The molecular weight excluding hydrogens is 236 g/mol. The van der Waals surface area contributed by atoms with E-state index in [0.29, 0.717) is 18.8 Å². The van der Waals surface area contributed by atoms with Gasteiger partial charge in [-0.25, -0.2) is 0 Å². The Bertz CT molecular complexity index is 368. The lowest BCUT2D eigenvalue weighted by Crippen LogP contribution is -2.24. The maximum Gasteiger partial charge on any atom is 0.129 e. The van der Waals surface area contributed by atoms with Gasteiger partial charge in [0, 0.05) is 6.42 Å². The second kappa shape index (κ2) is 8.11. The molecular formula is C17H26O2. The van der Waals surface area contributed by atoms with E-state index in [1.165, 1.54) is 5.56 Å². The van der Waals surface area contributed by atoms with E-state index in [1.807, 2.05) is 18.2 Å². The summed E-state index contributed by atoms with van der Waals surface area (Å²) >= 11 is 0. The van der Waals surface area contributed by atoms with Crippen LogP contribution in [-0.2, 0) is 16.1 Å². The van der Waals surface area contributed by atoms with Gasteiger partial charge in [0.05, 0.1) is 12.2 Å². The zero-order valence-electron chi connectivity index (χ0n) is 12.4. The normalized spacial score (nSPS) is 11.5. The van der Waals surface area contributed by atoms with Crippen molar-refractivity contribution in [3.63, 3.8) is 0 Å². The van der Waals surface area contributed by atoms with Crippen molar-refractivity contribution in [1.82, 2.24) is 0 Å². The minimum atomic E-state index is -0.0912. The van der Waals surface area contributed by atoms with Crippen LogP contribution in [0.1, 0.15) is 58.4 Å². The Morgan fingerprint density at radius 1 is 1.11 bits per heavy atom. The van der Waals surface area contributed by atoms with E-state index in [9.17, 15) is 4.79 Å². The first-order valence-electron chi connectivity index (χ1n) is 7.17. The molecule has 0 bridgehead atoms. The van der Waals surface area contributed by atoms with Crippen molar-refractivity contribution in [3.05, 3.63) is 35.9 Å². The standard InChI is InChI=1S/C17H26O2/c1-15(18)10-6-5-9-13-17(2,3)19-14-16-11-7-4-8-12-16/h4,7-8,11-12H,5-6,9-10,13-14H2,1-3H3. The SMILES string of the molecule is CC(=O)CCCCCC(C)(C)OCc1ccccc1. The molecule has 2 heteroatoms. The first-order chi connectivity index (χ1) is 8.99. The van der Waals surface area contributed by atoms with Crippen molar-refractivity contribution < 1.29 is 9.53 Å². The molecule has 0 amide bonds. The highest BCUT2D eigenvalue weighted by Gasteiger charge is 2.17. The Morgan fingerprint density at radius 3 is 2.42 bits per heavy atom. The van der Waals surface area contributed by atoms with E-state index in [-0.39, 0.29) is 5.60 Å². The van der Waals surface area contributed by atoms with Crippen LogP contribution in [0.3, 0.4) is 0 Å². The fourth-order valence-electron chi connectivity index (χ4n) is 2.03. The van der Waals surface area contributed by atoms with Crippen LogP contribution in [0.15, 0.2) is 30.3 Å². The van der Waals surface area contributed by atoms with Gasteiger partial charge in [0.15, 0.2) is 0 Å². The van der Waals surface area contributed by atoms with Gasteiger partial charge in [-0.3, -0.25) is 0 Å². The summed E-state index contributed by atoms with van der Waals surface area (Å²) in [7, 11) is 0. The Labute approximate surface area is 117 Å². The smallest absolute Gasteiger partial charge is 0.129 e. The highest BCUT2D eigenvalue weighted by molar-refractivity contribution is 5.75. The molecule has 106 valence electrons. The van der Waals surface area contributed by atoms with Crippen LogP contribution >= 0.6 is 0 Å². The Kier molecular flexibility index (Phi) is 6.79. The average molecular weight is 262 g/mol. The zero-order chi connectivity index (χ0) is 14.1. The Balaban J connectivity index is 2.18. The number of hydrogen-bond acceptors (Lipinski definition) is 2. The maximum atomic E-state index is 10.8. The summed E-state index contributed by atoms with van der Waals surface area (Å²) in [5, 5.41) is 0. The summed E-state index contributed by atoms with van der Waals surface area (Å²) in [4.78, 5) is 10.8. The molecule has 1 aromatic carbocycles. The molecule has 0 radical (unpaired) electrons. The monoisotopic (exact) mass is 262 g/mol. The number of carbonyl (C=O) groups is 1. The summed E-state index contributed by atoms with van der Waals surface area (Å²) in [5.41, 5.74) is 1.12. The second-order valence-electron chi connectivity index (χ2n) is 5.80. The van der Waals surface area contributed by atoms with Crippen molar-refractivity contribution in [2.24, 2.45) is 0 Å². The number of hydrogen-bond donors (Lipinski definition) is 0. The van der Waals surface area contributed by atoms with E-state index in [1.54, 1.807) is 6.92 Å². The first kappa shape index (κ1) is 15.9. The highest BCUT2D eigenvalue weighted by Crippen LogP contribution is 2.20.